The highest BCUT2D eigenvalue weighted by Gasteiger charge is 2.30. The molecule has 0 aliphatic heterocycles. The van der Waals surface area contributed by atoms with Crippen molar-refractivity contribution in [3.63, 3.8) is 0 Å². The second kappa shape index (κ2) is 11.1. The van der Waals surface area contributed by atoms with E-state index in [1.165, 1.54) is 42.9 Å². The Morgan fingerprint density at radius 1 is 1.18 bits per heavy atom. The summed E-state index contributed by atoms with van der Waals surface area (Å²) in [4.78, 5) is 12.8. The minimum Gasteiger partial charge on any atom is -0.493 e. The lowest BCUT2D eigenvalue weighted by Crippen LogP contribution is -2.21. The van der Waals surface area contributed by atoms with Crippen molar-refractivity contribution in [3.8, 4) is 5.75 Å². The molecule has 1 fully saturated rings. The largest absolute Gasteiger partial charge is 0.493 e. The molecule has 0 heterocycles. The summed E-state index contributed by atoms with van der Waals surface area (Å²) in [5, 5.41) is 4.27. The molecule has 8 heteroatoms. The third-order valence-corrected chi connectivity index (χ3v) is 5.38. The summed E-state index contributed by atoms with van der Waals surface area (Å²) in [6.45, 7) is 0.650. The number of amides is 1. The minimum atomic E-state index is -4.47. The van der Waals surface area contributed by atoms with Crippen LogP contribution in [-0.2, 0) is 11.0 Å². The van der Waals surface area contributed by atoms with E-state index in [1.54, 1.807) is 17.6 Å². The molecule has 0 saturated heterocycles. The quantitative estimate of drug-likeness (QED) is 0.355. The van der Waals surface area contributed by atoms with Gasteiger partial charge in [-0.15, -0.1) is 11.8 Å². The first-order valence-corrected chi connectivity index (χ1v) is 11.6. The maximum Gasteiger partial charge on any atom is 0.416 e. The molecule has 2 aromatic carbocycles. The van der Waals surface area contributed by atoms with Gasteiger partial charge < -0.3 is 15.8 Å². The molecule has 0 atom stereocenters. The summed E-state index contributed by atoms with van der Waals surface area (Å²) in [5.41, 5.74) is 6.70. The Bertz CT molecular complexity index is 1060. The van der Waals surface area contributed by atoms with E-state index in [-0.39, 0.29) is 16.8 Å². The molecule has 4 nitrogen and oxygen atoms in total. The molecule has 174 valence electrons. The van der Waals surface area contributed by atoms with Crippen LogP contribution < -0.4 is 15.8 Å². The molecule has 1 aliphatic carbocycles. The number of thioether (sulfide) groups is 1. The summed E-state index contributed by atoms with van der Waals surface area (Å²) >= 11 is 1.39. The smallest absolute Gasteiger partial charge is 0.416 e. The molecule has 0 aromatic heterocycles. The van der Waals surface area contributed by atoms with Gasteiger partial charge in [0, 0.05) is 17.5 Å². The molecule has 0 spiro atoms. The summed E-state index contributed by atoms with van der Waals surface area (Å²) in [6.07, 6.45) is 4.44. The fourth-order valence-corrected chi connectivity index (χ4v) is 3.21. The number of nitrogens with two attached hydrogens (primary N) is 1. The van der Waals surface area contributed by atoms with Gasteiger partial charge in [-0.05, 0) is 66.3 Å². The van der Waals surface area contributed by atoms with Gasteiger partial charge in [0.15, 0.2) is 0 Å². The fraction of sp³-hybridized carbons (Fsp3) is 0.240. The second-order valence-corrected chi connectivity index (χ2v) is 8.29. The number of ether oxygens (including phenoxy) is 1. The van der Waals surface area contributed by atoms with Crippen LogP contribution in [-0.4, -0.2) is 18.8 Å². The lowest BCUT2D eigenvalue weighted by atomic mass is 10.0. The van der Waals surface area contributed by atoms with E-state index < -0.39 is 17.6 Å². The summed E-state index contributed by atoms with van der Waals surface area (Å²) in [7, 11) is 0. The van der Waals surface area contributed by atoms with Crippen LogP contribution in [0.1, 0.15) is 29.5 Å². The van der Waals surface area contributed by atoms with Crippen LogP contribution in [0.4, 0.5) is 13.2 Å². The number of carbonyl (C=O) groups is 1. The highest BCUT2D eigenvalue weighted by Crippen LogP contribution is 2.32. The fourth-order valence-electron chi connectivity index (χ4n) is 3.01. The first-order valence-electron chi connectivity index (χ1n) is 10.4. The Balaban J connectivity index is 1.92. The molecular formula is C25H25F3N2O2S. The van der Waals surface area contributed by atoms with Gasteiger partial charge in [0.2, 0.25) is 0 Å². The Hall–Kier alpha value is -3.13. The number of hydrogen-bond acceptors (Lipinski definition) is 4. The van der Waals surface area contributed by atoms with Crippen molar-refractivity contribution in [2.45, 2.75) is 19.0 Å². The molecule has 3 N–H and O–H groups in total. The highest BCUT2D eigenvalue weighted by atomic mass is 32.2. The van der Waals surface area contributed by atoms with Crippen LogP contribution in [0, 0.1) is 5.92 Å². The van der Waals surface area contributed by atoms with Crippen LogP contribution in [0.5, 0.6) is 5.75 Å². The Morgan fingerprint density at radius 3 is 2.52 bits per heavy atom. The maximum absolute atomic E-state index is 13.0. The third-order valence-electron chi connectivity index (χ3n) is 4.97. The molecular weight excluding hydrogens is 449 g/mol. The van der Waals surface area contributed by atoms with Crippen molar-refractivity contribution in [2.75, 3.05) is 12.9 Å². The normalized spacial score (nSPS) is 15.0. The topological polar surface area (TPSA) is 64.4 Å². The summed E-state index contributed by atoms with van der Waals surface area (Å²) < 4.78 is 44.8. The number of benzene rings is 2. The molecule has 0 bridgehead atoms. The summed E-state index contributed by atoms with van der Waals surface area (Å²) in [5.74, 6) is 0.772. The van der Waals surface area contributed by atoms with Crippen molar-refractivity contribution >= 4 is 29.3 Å². The molecule has 1 amide bonds. The van der Waals surface area contributed by atoms with Gasteiger partial charge in [0.05, 0.1) is 17.7 Å². The van der Waals surface area contributed by atoms with Crippen LogP contribution >= 0.6 is 11.8 Å². The SMILES string of the molecule is CS/C=C\NC(=O)/C(=C(N)/C=C/c1ccccc1OCC1CC1)c1ccc(C(F)(F)F)cc1. The zero-order valence-electron chi connectivity index (χ0n) is 18.1. The minimum absolute atomic E-state index is 0.0714. The molecule has 1 aliphatic rings. The van der Waals surface area contributed by atoms with E-state index in [2.05, 4.69) is 5.32 Å². The molecule has 2 aromatic rings. The predicted octanol–water partition coefficient (Wildman–Crippen LogP) is 5.83. The zero-order chi connectivity index (χ0) is 23.8. The standard InChI is InChI=1S/C25H25F3N2O2S/c1-33-15-14-30-24(31)23(19-8-11-20(12-9-19)25(26,27)28)21(29)13-10-18-4-2-3-5-22(18)32-16-17-6-7-17/h2-5,8-15,17H,6-7,16,29H2,1H3,(H,30,31)/b13-10+,15-14-,23-21-. The average Bonchev–Trinajstić information content (AvgIpc) is 3.61. The maximum atomic E-state index is 13.0. The van der Waals surface area contributed by atoms with Crippen LogP contribution in [0.3, 0.4) is 0 Å². The van der Waals surface area contributed by atoms with Crippen molar-refractivity contribution in [1.82, 2.24) is 5.32 Å². The van der Waals surface area contributed by atoms with Crippen LogP contribution in [0.2, 0.25) is 0 Å². The second-order valence-electron chi connectivity index (χ2n) is 7.54. The molecule has 0 radical (unpaired) electrons. The molecule has 3 rings (SSSR count). The van der Waals surface area contributed by atoms with Gasteiger partial charge in [0.1, 0.15) is 5.75 Å². The number of allylic oxidation sites excluding steroid dienone is 1. The van der Waals surface area contributed by atoms with Gasteiger partial charge in [-0.25, -0.2) is 0 Å². The number of hydrogen-bond donors (Lipinski definition) is 2. The number of para-hydroxylation sites is 1. The zero-order valence-corrected chi connectivity index (χ0v) is 18.9. The lowest BCUT2D eigenvalue weighted by Gasteiger charge is -2.12. The predicted molar refractivity (Wildman–Crippen MR) is 127 cm³/mol. The van der Waals surface area contributed by atoms with E-state index in [1.807, 2.05) is 30.5 Å². The van der Waals surface area contributed by atoms with E-state index in [9.17, 15) is 18.0 Å². The number of halogens is 3. The molecule has 33 heavy (non-hydrogen) atoms. The molecule has 0 unspecified atom stereocenters. The first kappa shape index (κ1) is 24.5. The monoisotopic (exact) mass is 474 g/mol. The third kappa shape index (κ3) is 7.18. The average molecular weight is 475 g/mol. The van der Waals surface area contributed by atoms with E-state index in [0.717, 1.165) is 17.7 Å². The molecule has 1 saturated carbocycles. The Morgan fingerprint density at radius 2 is 1.88 bits per heavy atom. The van der Waals surface area contributed by atoms with Gasteiger partial charge in [-0.3, -0.25) is 4.79 Å². The first-order chi connectivity index (χ1) is 15.8. The van der Waals surface area contributed by atoms with Gasteiger partial charge in [0.25, 0.3) is 5.91 Å². The Labute approximate surface area is 195 Å². The van der Waals surface area contributed by atoms with Gasteiger partial charge in [-0.1, -0.05) is 30.3 Å². The number of nitrogens with one attached hydrogen (secondary N) is 1. The van der Waals surface area contributed by atoms with E-state index >= 15 is 0 Å². The van der Waals surface area contributed by atoms with Crippen molar-refractivity contribution in [3.05, 3.63) is 88.6 Å². The van der Waals surface area contributed by atoms with Gasteiger partial charge in [-0.2, -0.15) is 13.2 Å². The van der Waals surface area contributed by atoms with Crippen LogP contribution in [0.25, 0.3) is 11.6 Å². The number of carbonyl (C=O) groups excluding carboxylic acids is 1. The number of alkyl halides is 3. The van der Waals surface area contributed by atoms with Crippen molar-refractivity contribution in [1.29, 1.82) is 0 Å². The highest BCUT2D eigenvalue weighted by molar-refractivity contribution is 8.01. The van der Waals surface area contributed by atoms with Crippen molar-refractivity contribution < 1.29 is 22.7 Å². The van der Waals surface area contributed by atoms with Gasteiger partial charge >= 0.3 is 6.18 Å². The Kier molecular flexibility index (Phi) is 8.27. The van der Waals surface area contributed by atoms with E-state index in [4.69, 9.17) is 10.5 Å². The number of rotatable bonds is 9. The summed E-state index contributed by atoms with van der Waals surface area (Å²) in [6, 6.07) is 11.8. The lowest BCUT2D eigenvalue weighted by molar-refractivity contribution is -0.137. The van der Waals surface area contributed by atoms with E-state index in [0.29, 0.717) is 18.3 Å². The van der Waals surface area contributed by atoms with Crippen LogP contribution in [0.15, 0.2) is 71.9 Å². The van der Waals surface area contributed by atoms with Crippen molar-refractivity contribution in [2.24, 2.45) is 11.7 Å².